The molecule has 2 rings (SSSR count). The number of nitrogens with zero attached hydrogens (tertiary/aromatic N) is 1. The number of anilines is 1. The average Bonchev–Trinajstić information content (AvgIpc) is 2.63. The number of fused-ring (bicyclic) bond motifs is 1. The van der Waals surface area contributed by atoms with Crippen molar-refractivity contribution in [3.05, 3.63) is 40.9 Å². The molecule has 0 N–H and O–H groups in total. The second kappa shape index (κ2) is 6.15. The maximum Gasteiger partial charge on any atom is 0.299 e. The lowest BCUT2D eigenvalue weighted by Gasteiger charge is -2.16. The highest BCUT2D eigenvalue weighted by Crippen LogP contribution is 2.31. The fraction of sp³-hybridized carbons (Fsp3) is 0.333. The molecule has 1 aromatic carbocycles. The molecular weight excluding hydrogens is 306 g/mol. The molecule has 0 saturated carbocycles. The topological polar surface area (TPSA) is 37.4 Å². The lowest BCUT2D eigenvalue weighted by Crippen LogP contribution is -2.30. The van der Waals surface area contributed by atoms with Crippen molar-refractivity contribution in [3.63, 3.8) is 0 Å². The molecule has 4 heteroatoms. The summed E-state index contributed by atoms with van der Waals surface area (Å²) in [4.78, 5) is 25.4. The van der Waals surface area contributed by atoms with Gasteiger partial charge in [0.05, 0.1) is 11.3 Å². The van der Waals surface area contributed by atoms with Crippen LogP contribution in [0.4, 0.5) is 5.69 Å². The number of benzene rings is 1. The number of hydrogen-bond donors (Lipinski definition) is 0. The molecule has 0 saturated heterocycles. The van der Waals surface area contributed by atoms with Gasteiger partial charge >= 0.3 is 0 Å². The molecular formula is C15H16BrNO2. The van der Waals surface area contributed by atoms with E-state index in [1.54, 1.807) is 11.0 Å². The van der Waals surface area contributed by atoms with E-state index in [2.05, 4.69) is 22.5 Å². The zero-order chi connectivity index (χ0) is 13.8. The quantitative estimate of drug-likeness (QED) is 0.455. The molecule has 0 aliphatic carbocycles. The summed E-state index contributed by atoms with van der Waals surface area (Å²) in [6.07, 6.45) is 5.92. The third-order valence-corrected chi connectivity index (χ3v) is 3.72. The van der Waals surface area contributed by atoms with E-state index < -0.39 is 11.7 Å². The maximum atomic E-state index is 11.9. The Morgan fingerprint density at radius 1 is 1.21 bits per heavy atom. The Morgan fingerprint density at radius 2 is 2.00 bits per heavy atom. The summed E-state index contributed by atoms with van der Waals surface area (Å²) in [5.74, 6) is -0.806. The van der Waals surface area contributed by atoms with Gasteiger partial charge in [-0.25, -0.2) is 0 Å². The van der Waals surface area contributed by atoms with Crippen LogP contribution in [-0.4, -0.2) is 18.2 Å². The molecule has 0 spiro atoms. The van der Waals surface area contributed by atoms with Crippen molar-refractivity contribution < 1.29 is 9.59 Å². The van der Waals surface area contributed by atoms with Crippen LogP contribution in [0.2, 0.25) is 0 Å². The molecule has 0 unspecified atom stereocenters. The molecule has 0 fully saturated rings. The van der Waals surface area contributed by atoms with E-state index in [9.17, 15) is 9.59 Å². The van der Waals surface area contributed by atoms with Crippen LogP contribution in [0.3, 0.4) is 0 Å². The molecule has 0 bridgehead atoms. The Morgan fingerprint density at radius 3 is 2.74 bits per heavy atom. The molecule has 3 nitrogen and oxygen atoms in total. The van der Waals surface area contributed by atoms with Crippen LogP contribution in [0.1, 0.15) is 36.0 Å². The summed E-state index contributed by atoms with van der Waals surface area (Å²) in [7, 11) is 0. The predicted octanol–water partition coefficient (Wildman–Crippen LogP) is 3.72. The molecule has 0 atom stereocenters. The summed E-state index contributed by atoms with van der Waals surface area (Å²) >= 11 is 3.32. The highest BCUT2D eigenvalue weighted by atomic mass is 79.9. The largest absolute Gasteiger partial charge is 0.305 e. The van der Waals surface area contributed by atoms with Gasteiger partial charge in [0.15, 0.2) is 0 Å². The summed E-state index contributed by atoms with van der Waals surface area (Å²) in [5, 5.41) is 0. The van der Waals surface area contributed by atoms with Crippen LogP contribution in [0.15, 0.2) is 35.3 Å². The van der Waals surface area contributed by atoms with E-state index >= 15 is 0 Å². The molecule has 1 heterocycles. The number of carbonyl (C=O) groups excluding carboxylic acids is 2. The molecule has 100 valence electrons. The zero-order valence-corrected chi connectivity index (χ0v) is 12.3. The standard InChI is InChI=1S/C15H16BrNO2/c1-2-3-4-5-6-9-17-13-8-7-11(16)10-12(13)14(18)15(17)19/h2,7-8,10H,1,3-6,9H2. The second-order valence-corrected chi connectivity index (χ2v) is 5.50. The number of hydrogen-bond acceptors (Lipinski definition) is 2. The van der Waals surface area contributed by atoms with E-state index in [4.69, 9.17) is 0 Å². The zero-order valence-electron chi connectivity index (χ0n) is 10.7. The van der Waals surface area contributed by atoms with E-state index in [1.165, 1.54) is 0 Å². The van der Waals surface area contributed by atoms with Crippen LogP contribution in [0.5, 0.6) is 0 Å². The fourth-order valence-corrected chi connectivity index (χ4v) is 2.59. The number of unbranched alkanes of at least 4 members (excludes halogenated alkanes) is 3. The Kier molecular flexibility index (Phi) is 4.53. The van der Waals surface area contributed by atoms with Gasteiger partial charge in [0, 0.05) is 11.0 Å². The van der Waals surface area contributed by atoms with Crippen LogP contribution in [0.25, 0.3) is 0 Å². The first-order valence-electron chi connectivity index (χ1n) is 6.42. The number of ketones is 1. The minimum absolute atomic E-state index is 0.401. The molecule has 1 aliphatic heterocycles. The first-order valence-corrected chi connectivity index (χ1v) is 7.21. The average molecular weight is 322 g/mol. The highest BCUT2D eigenvalue weighted by Gasteiger charge is 2.35. The van der Waals surface area contributed by atoms with Crippen molar-refractivity contribution in [3.8, 4) is 0 Å². The molecule has 0 aromatic heterocycles. The SMILES string of the molecule is C=CCCCCCN1C(=O)C(=O)c2cc(Br)ccc21. The lowest BCUT2D eigenvalue weighted by molar-refractivity contribution is -0.114. The third-order valence-electron chi connectivity index (χ3n) is 3.22. The van der Waals surface area contributed by atoms with E-state index in [-0.39, 0.29) is 0 Å². The van der Waals surface area contributed by atoms with Crippen molar-refractivity contribution in [1.82, 2.24) is 0 Å². The van der Waals surface area contributed by atoms with Gasteiger partial charge in [0.25, 0.3) is 11.7 Å². The smallest absolute Gasteiger partial charge is 0.299 e. The normalized spacial score (nSPS) is 13.8. The van der Waals surface area contributed by atoms with Crippen LogP contribution in [-0.2, 0) is 4.79 Å². The number of halogens is 1. The van der Waals surface area contributed by atoms with Gasteiger partial charge in [-0.05, 0) is 37.5 Å². The Labute approximate surface area is 121 Å². The van der Waals surface area contributed by atoms with Crippen molar-refractivity contribution in [1.29, 1.82) is 0 Å². The molecule has 1 aliphatic rings. The van der Waals surface area contributed by atoms with Crippen LogP contribution >= 0.6 is 15.9 Å². The minimum Gasteiger partial charge on any atom is -0.305 e. The van der Waals surface area contributed by atoms with Crippen molar-refractivity contribution in [2.75, 3.05) is 11.4 Å². The molecule has 0 radical (unpaired) electrons. The Bertz CT molecular complexity index is 525. The second-order valence-electron chi connectivity index (χ2n) is 4.59. The van der Waals surface area contributed by atoms with Crippen molar-refractivity contribution >= 4 is 33.3 Å². The lowest BCUT2D eigenvalue weighted by atomic mass is 10.1. The molecule has 1 amide bonds. The van der Waals surface area contributed by atoms with Gasteiger partial charge in [-0.2, -0.15) is 0 Å². The third kappa shape index (κ3) is 2.95. The summed E-state index contributed by atoms with van der Waals surface area (Å²) < 4.78 is 0.820. The summed E-state index contributed by atoms with van der Waals surface area (Å²) in [6, 6.07) is 5.40. The van der Waals surface area contributed by atoms with Gasteiger partial charge in [-0.3, -0.25) is 9.59 Å². The van der Waals surface area contributed by atoms with E-state index in [1.807, 2.05) is 18.2 Å². The number of rotatable bonds is 6. The molecule has 19 heavy (non-hydrogen) atoms. The number of amides is 1. The predicted molar refractivity (Wildman–Crippen MR) is 79.5 cm³/mol. The van der Waals surface area contributed by atoms with Crippen molar-refractivity contribution in [2.45, 2.75) is 25.7 Å². The van der Waals surface area contributed by atoms with Crippen molar-refractivity contribution in [2.24, 2.45) is 0 Å². The van der Waals surface area contributed by atoms with Crippen LogP contribution < -0.4 is 4.90 Å². The fourth-order valence-electron chi connectivity index (χ4n) is 2.23. The Hall–Kier alpha value is -1.42. The van der Waals surface area contributed by atoms with Gasteiger partial charge in [-0.15, -0.1) is 6.58 Å². The first-order chi connectivity index (χ1) is 9.15. The van der Waals surface area contributed by atoms with E-state index in [0.29, 0.717) is 12.1 Å². The van der Waals surface area contributed by atoms with Gasteiger partial charge in [0.2, 0.25) is 0 Å². The monoisotopic (exact) mass is 321 g/mol. The van der Waals surface area contributed by atoms with Gasteiger partial charge in [0.1, 0.15) is 0 Å². The Balaban J connectivity index is 2.04. The van der Waals surface area contributed by atoms with Gasteiger partial charge in [-0.1, -0.05) is 28.4 Å². The number of Topliss-reactive ketones (excluding diaryl/α,β-unsaturated/α-hetero) is 1. The highest BCUT2D eigenvalue weighted by molar-refractivity contribution is 9.10. The number of carbonyl (C=O) groups is 2. The summed E-state index contributed by atoms with van der Waals surface area (Å²) in [5.41, 5.74) is 1.24. The van der Waals surface area contributed by atoms with E-state index in [0.717, 1.165) is 35.8 Å². The maximum absolute atomic E-state index is 11.9. The number of allylic oxidation sites excluding steroid dienone is 1. The van der Waals surface area contributed by atoms with Crippen LogP contribution in [0, 0.1) is 0 Å². The molecule has 1 aromatic rings. The first kappa shape index (κ1) is 14.0. The minimum atomic E-state index is -0.406. The summed E-state index contributed by atoms with van der Waals surface area (Å²) in [6.45, 7) is 4.29. The van der Waals surface area contributed by atoms with Gasteiger partial charge < -0.3 is 4.90 Å².